The lowest BCUT2D eigenvalue weighted by Crippen LogP contribution is -1.87. The van der Waals surface area contributed by atoms with Crippen molar-refractivity contribution in [1.82, 2.24) is 0 Å². The quantitative estimate of drug-likeness (QED) is 0.601. The lowest BCUT2D eigenvalue weighted by atomic mass is 10.2. The van der Waals surface area contributed by atoms with Gasteiger partial charge in [-0.25, -0.2) is 0 Å². The Labute approximate surface area is 77.4 Å². The van der Waals surface area contributed by atoms with Crippen LogP contribution >= 0.6 is 0 Å². The van der Waals surface area contributed by atoms with E-state index in [1.54, 1.807) is 6.92 Å². The number of hydrogen-bond donors (Lipinski definition) is 0. The minimum absolute atomic E-state index is 0.109. The van der Waals surface area contributed by atoms with Crippen molar-refractivity contribution >= 4 is 5.78 Å². The molecule has 0 bridgehead atoms. The molecule has 0 aliphatic heterocycles. The number of carbonyl (C=O) groups is 1. The van der Waals surface area contributed by atoms with Crippen molar-refractivity contribution < 1.29 is 4.79 Å². The second-order valence-electron chi connectivity index (χ2n) is 3.11. The van der Waals surface area contributed by atoms with Crippen LogP contribution in [0.15, 0.2) is 42.5 Å². The summed E-state index contributed by atoms with van der Waals surface area (Å²) >= 11 is 0. The van der Waals surface area contributed by atoms with Gasteiger partial charge in [-0.15, -0.1) is 0 Å². The minimum Gasteiger partial charge on any atom is -0.295 e. The molecular weight excluding hydrogens is 160 g/mol. The smallest absolute Gasteiger partial charge is 0.159 e. The summed E-state index contributed by atoms with van der Waals surface area (Å²) in [4.78, 5) is 11.1. The third kappa shape index (κ3) is 1.45. The van der Waals surface area contributed by atoms with Crippen LogP contribution < -0.4 is 0 Å². The van der Waals surface area contributed by atoms with Gasteiger partial charge in [0.1, 0.15) is 0 Å². The van der Waals surface area contributed by atoms with Crippen LogP contribution in [0.4, 0.5) is 0 Å². The summed E-state index contributed by atoms with van der Waals surface area (Å²) in [6.45, 7) is 1.58. The number of carbonyl (C=O) groups excluding carboxylic acids is 1. The van der Waals surface area contributed by atoms with E-state index in [0.29, 0.717) is 0 Å². The highest BCUT2D eigenvalue weighted by atomic mass is 16.1. The molecule has 1 heteroatoms. The van der Waals surface area contributed by atoms with Crippen LogP contribution in [0, 0.1) is 0 Å². The van der Waals surface area contributed by atoms with E-state index < -0.39 is 0 Å². The van der Waals surface area contributed by atoms with Crippen molar-refractivity contribution in [3.63, 3.8) is 0 Å². The first-order chi connectivity index (χ1) is 6.27. The maximum atomic E-state index is 11.1. The molecule has 0 aromatic rings. The maximum Gasteiger partial charge on any atom is 0.159 e. The number of ketones is 1. The Balaban J connectivity index is 2.61. The van der Waals surface area contributed by atoms with Gasteiger partial charge in [-0.1, -0.05) is 42.5 Å². The molecule has 0 amide bonds. The highest BCUT2D eigenvalue weighted by Gasteiger charge is 2.00. The molecule has 1 nitrogen and oxygen atoms in total. The average Bonchev–Trinajstić information content (AvgIpc) is 2.44. The zero-order valence-electron chi connectivity index (χ0n) is 7.45. The number of fused-ring (bicyclic) bond motifs is 1. The van der Waals surface area contributed by atoms with Crippen LogP contribution in [0.2, 0.25) is 0 Å². The van der Waals surface area contributed by atoms with Crippen molar-refractivity contribution in [1.29, 1.82) is 0 Å². The van der Waals surface area contributed by atoms with Gasteiger partial charge in [0.15, 0.2) is 5.78 Å². The van der Waals surface area contributed by atoms with E-state index in [0.717, 1.165) is 5.56 Å². The van der Waals surface area contributed by atoms with Crippen LogP contribution in [0.1, 0.15) is 17.3 Å². The van der Waals surface area contributed by atoms with Gasteiger partial charge >= 0.3 is 0 Å². The fraction of sp³-hybridized carbons (Fsp3) is 0.0833. The third-order valence-corrected chi connectivity index (χ3v) is 2.18. The Morgan fingerprint density at radius 2 is 1.46 bits per heavy atom. The van der Waals surface area contributed by atoms with E-state index >= 15 is 0 Å². The lowest BCUT2D eigenvalue weighted by Gasteiger charge is -1.85. The molecule has 0 N–H and O–H groups in total. The molecule has 0 radical (unpaired) electrons. The van der Waals surface area contributed by atoms with Crippen LogP contribution in [0.25, 0.3) is 11.1 Å². The fourth-order valence-electron chi connectivity index (χ4n) is 1.40. The van der Waals surface area contributed by atoms with Crippen molar-refractivity contribution in [3.8, 4) is 11.1 Å². The Kier molecular flexibility index (Phi) is 1.85. The Morgan fingerprint density at radius 1 is 0.923 bits per heavy atom. The van der Waals surface area contributed by atoms with Gasteiger partial charge in [-0.2, -0.15) is 0 Å². The van der Waals surface area contributed by atoms with Gasteiger partial charge in [0.25, 0.3) is 0 Å². The summed E-state index contributed by atoms with van der Waals surface area (Å²) in [5, 5.41) is 0. The molecule has 0 spiro atoms. The molecule has 2 rings (SSSR count). The van der Waals surface area contributed by atoms with Gasteiger partial charge in [0.2, 0.25) is 0 Å². The zero-order chi connectivity index (χ0) is 9.26. The highest BCUT2D eigenvalue weighted by molar-refractivity contribution is 5.94. The standard InChI is InChI=1S/C12H10O/c1-9(13)10-5-7-11-3-2-4-12(11)8-6-10/h2-8H,1H3. The van der Waals surface area contributed by atoms with Crippen molar-refractivity contribution in [2.45, 2.75) is 6.92 Å². The van der Waals surface area contributed by atoms with E-state index in [-0.39, 0.29) is 5.78 Å². The molecule has 64 valence electrons. The Morgan fingerprint density at radius 3 is 1.92 bits per heavy atom. The van der Waals surface area contributed by atoms with Gasteiger partial charge in [-0.3, -0.25) is 4.79 Å². The second kappa shape index (κ2) is 3.02. The lowest BCUT2D eigenvalue weighted by molar-refractivity contribution is 0.101. The van der Waals surface area contributed by atoms with Crippen molar-refractivity contribution in [2.75, 3.05) is 0 Å². The first-order valence-corrected chi connectivity index (χ1v) is 4.27. The summed E-state index contributed by atoms with van der Waals surface area (Å²) in [6, 6.07) is 13.8. The molecule has 0 aromatic carbocycles. The molecule has 0 fully saturated rings. The van der Waals surface area contributed by atoms with Crippen LogP contribution in [0.3, 0.4) is 0 Å². The van der Waals surface area contributed by atoms with Gasteiger partial charge in [0.05, 0.1) is 0 Å². The summed E-state index contributed by atoms with van der Waals surface area (Å²) < 4.78 is 0. The summed E-state index contributed by atoms with van der Waals surface area (Å²) in [5.74, 6) is 0.109. The average molecular weight is 170 g/mol. The first-order valence-electron chi connectivity index (χ1n) is 4.27. The minimum atomic E-state index is 0.109. The first kappa shape index (κ1) is 7.99. The number of hydrogen-bond acceptors (Lipinski definition) is 1. The second-order valence-corrected chi connectivity index (χ2v) is 3.11. The normalized spacial score (nSPS) is 10.2. The van der Waals surface area contributed by atoms with Crippen LogP contribution in [0.5, 0.6) is 0 Å². The third-order valence-electron chi connectivity index (χ3n) is 2.18. The van der Waals surface area contributed by atoms with E-state index in [9.17, 15) is 4.79 Å². The van der Waals surface area contributed by atoms with E-state index in [1.165, 1.54) is 11.1 Å². The molecule has 0 heterocycles. The van der Waals surface area contributed by atoms with E-state index in [4.69, 9.17) is 0 Å². The number of Topliss-reactive ketones (excluding diaryl/α,β-unsaturated/α-hetero) is 1. The van der Waals surface area contributed by atoms with Crippen molar-refractivity contribution in [2.24, 2.45) is 0 Å². The SMILES string of the molecule is CC(=O)c1ccc2cccc-2cc1. The maximum absolute atomic E-state index is 11.1. The molecule has 0 saturated carbocycles. The molecule has 2 aliphatic rings. The topological polar surface area (TPSA) is 17.1 Å². The number of rotatable bonds is 1. The molecule has 2 aliphatic carbocycles. The highest BCUT2D eigenvalue weighted by Crippen LogP contribution is 2.21. The van der Waals surface area contributed by atoms with Crippen LogP contribution in [-0.2, 0) is 0 Å². The molecule has 0 saturated heterocycles. The van der Waals surface area contributed by atoms with Crippen LogP contribution in [-0.4, -0.2) is 5.78 Å². The molecule has 0 atom stereocenters. The molecular formula is C12H10O. The Bertz CT molecular complexity index is 387. The molecule has 0 unspecified atom stereocenters. The summed E-state index contributed by atoms with van der Waals surface area (Å²) in [5.41, 5.74) is 3.11. The molecule has 0 aromatic heterocycles. The van der Waals surface area contributed by atoms with Gasteiger partial charge < -0.3 is 0 Å². The van der Waals surface area contributed by atoms with Gasteiger partial charge in [-0.05, 0) is 18.1 Å². The largest absolute Gasteiger partial charge is 0.295 e. The van der Waals surface area contributed by atoms with E-state index in [1.807, 2.05) is 42.5 Å². The predicted molar refractivity (Wildman–Crippen MR) is 53.1 cm³/mol. The molecule has 13 heavy (non-hydrogen) atoms. The monoisotopic (exact) mass is 170 g/mol. The fourth-order valence-corrected chi connectivity index (χ4v) is 1.40. The summed E-state index contributed by atoms with van der Waals surface area (Å²) in [7, 11) is 0. The van der Waals surface area contributed by atoms with E-state index in [2.05, 4.69) is 0 Å². The van der Waals surface area contributed by atoms with Crippen molar-refractivity contribution in [3.05, 3.63) is 48.0 Å². The predicted octanol–water partition coefficient (Wildman–Crippen LogP) is 2.99. The zero-order valence-corrected chi connectivity index (χ0v) is 7.45. The van der Waals surface area contributed by atoms with Gasteiger partial charge in [0, 0.05) is 5.56 Å². The summed E-state index contributed by atoms with van der Waals surface area (Å²) in [6.07, 6.45) is 0. The Hall–Kier alpha value is -1.63.